The van der Waals surface area contributed by atoms with E-state index in [-0.39, 0.29) is 18.3 Å². The number of amides is 1. The van der Waals surface area contributed by atoms with Gasteiger partial charge in [-0.2, -0.15) is 0 Å². The molecule has 9 nitrogen and oxygen atoms in total. The van der Waals surface area contributed by atoms with Gasteiger partial charge >= 0.3 is 0 Å². The van der Waals surface area contributed by atoms with Crippen LogP contribution in [0.15, 0.2) is 35.3 Å². The van der Waals surface area contributed by atoms with E-state index in [4.69, 9.17) is 23.9 Å². The minimum atomic E-state index is -0.186. The number of carbonyl (C=O) groups is 1. The summed E-state index contributed by atoms with van der Waals surface area (Å²) in [5.74, 6) is 2.27. The Morgan fingerprint density at radius 2 is 1.77 bits per heavy atom. The molecule has 0 fully saturated rings. The van der Waals surface area contributed by atoms with E-state index in [0.29, 0.717) is 69.6 Å². The van der Waals surface area contributed by atoms with Gasteiger partial charge in [-0.25, -0.2) is 0 Å². The lowest BCUT2D eigenvalue weighted by atomic mass is 10.0. The van der Waals surface area contributed by atoms with Gasteiger partial charge in [0, 0.05) is 60.2 Å². The number of carbonyl (C=O) groups excluding carboxylic acids is 1. The van der Waals surface area contributed by atoms with Crippen molar-refractivity contribution in [3.63, 3.8) is 0 Å². The Morgan fingerprint density at radius 3 is 2.46 bits per heavy atom. The zero-order valence-corrected chi connectivity index (χ0v) is 24.2. The van der Waals surface area contributed by atoms with Crippen LogP contribution in [0, 0.1) is 0 Å². The van der Waals surface area contributed by atoms with Crippen molar-refractivity contribution >= 4 is 60.1 Å². The Labute approximate surface area is 234 Å². The van der Waals surface area contributed by atoms with Gasteiger partial charge in [-0.3, -0.25) is 14.6 Å². The molecule has 0 N–H and O–H groups in total. The molecule has 5 rings (SSSR count). The Balaban J connectivity index is 1.63. The van der Waals surface area contributed by atoms with Crippen LogP contribution in [-0.4, -0.2) is 66.5 Å². The molecule has 0 saturated heterocycles. The Hall–Kier alpha value is -3.31. The summed E-state index contributed by atoms with van der Waals surface area (Å²) in [7, 11) is 8.37. The molecule has 1 aliphatic heterocycles. The first-order valence-electron chi connectivity index (χ1n) is 12.6. The first-order valence-corrected chi connectivity index (χ1v) is 15.2. The third kappa shape index (κ3) is 5.17. The van der Waals surface area contributed by atoms with Gasteiger partial charge in [-0.1, -0.05) is 28.5 Å². The molecule has 3 heterocycles. The van der Waals surface area contributed by atoms with Crippen LogP contribution in [0.2, 0.25) is 0 Å². The third-order valence-electron chi connectivity index (χ3n) is 7.00. The molecule has 4 aromatic rings. The monoisotopic (exact) mass is 569 g/mol. The number of likely N-dealkylation sites (N-methyl/N-ethyl adjacent to an activating group) is 1. The van der Waals surface area contributed by atoms with Gasteiger partial charge in [-0.05, 0) is 30.9 Å². The van der Waals surface area contributed by atoms with Crippen molar-refractivity contribution in [1.82, 2.24) is 14.5 Å². The zero-order chi connectivity index (χ0) is 27.7. The highest BCUT2D eigenvalue weighted by molar-refractivity contribution is 8.76. The predicted octanol–water partition coefficient (Wildman–Crippen LogP) is 5.09. The molecule has 0 bridgehead atoms. The minimum Gasteiger partial charge on any atom is -0.493 e. The average Bonchev–Trinajstić information content (AvgIpc) is 3.41. The summed E-state index contributed by atoms with van der Waals surface area (Å²) in [6.45, 7) is 2.95. The van der Waals surface area contributed by atoms with Gasteiger partial charge in [0.05, 0.1) is 30.6 Å². The van der Waals surface area contributed by atoms with Crippen LogP contribution in [0.5, 0.6) is 23.0 Å². The van der Waals surface area contributed by atoms with Crippen LogP contribution in [-0.2, 0) is 11.3 Å². The first-order chi connectivity index (χ1) is 18.9. The number of methoxy groups -OCH3 is 2. The molecular formula is C28H31N3O6S2. The molecule has 1 amide bonds. The number of fused-ring (bicyclic) bond motifs is 6. The number of ether oxygens (including phenoxy) is 4. The van der Waals surface area contributed by atoms with Crippen LogP contribution in [0.25, 0.3) is 32.6 Å². The van der Waals surface area contributed by atoms with E-state index in [9.17, 15) is 9.59 Å². The molecule has 11 heteroatoms. The maximum Gasteiger partial charge on any atom is 0.259 e. The van der Waals surface area contributed by atoms with Crippen molar-refractivity contribution in [3.05, 3.63) is 40.8 Å². The molecule has 0 aliphatic carbocycles. The van der Waals surface area contributed by atoms with Gasteiger partial charge in [0.1, 0.15) is 0 Å². The van der Waals surface area contributed by atoms with E-state index in [1.807, 2.05) is 24.5 Å². The van der Waals surface area contributed by atoms with Crippen molar-refractivity contribution in [3.8, 4) is 23.0 Å². The summed E-state index contributed by atoms with van der Waals surface area (Å²) in [6.07, 6.45) is 5.08. The van der Waals surface area contributed by atoms with E-state index in [1.165, 1.54) is 0 Å². The molecule has 1 atom stereocenters. The second kappa shape index (κ2) is 11.4. The van der Waals surface area contributed by atoms with E-state index in [1.54, 1.807) is 64.6 Å². The number of aromatic nitrogens is 2. The summed E-state index contributed by atoms with van der Waals surface area (Å²) in [6, 6.07) is 7.21. The fourth-order valence-corrected chi connectivity index (χ4v) is 6.72. The fourth-order valence-electron chi connectivity index (χ4n) is 4.90. The standard InChI is InChI=1S/C28H31N3O6S2/c1-16(39-38-5)6-7-26(32)30(2)8-9-31-27-19-12-24-25(37-15-36-24)13-21(19)29-14-20(27)17-10-22(34-3)23(35-4)11-18(17)28(31)33/h10-14,16H,6-9,15H2,1-5H3. The first kappa shape index (κ1) is 27.3. The quantitative estimate of drug-likeness (QED) is 0.191. The Bertz CT molecular complexity index is 1620. The normalized spacial score (nSPS) is 13.3. The Morgan fingerprint density at radius 1 is 1.08 bits per heavy atom. The SMILES string of the molecule is COc1cc2c(=O)n(CCN(C)C(=O)CCC(C)SSC)c3c4cc5c(cc4ncc3c2cc1OC)OCO5. The van der Waals surface area contributed by atoms with Crippen LogP contribution in [0.4, 0.5) is 0 Å². The maximum absolute atomic E-state index is 14.0. The number of nitrogens with zero attached hydrogens (tertiary/aromatic N) is 3. The second-order valence-corrected chi connectivity index (χ2v) is 12.3. The molecule has 206 valence electrons. The third-order valence-corrected chi connectivity index (χ3v) is 9.32. The molecule has 39 heavy (non-hydrogen) atoms. The minimum absolute atomic E-state index is 0.0583. The largest absolute Gasteiger partial charge is 0.493 e. The van der Waals surface area contributed by atoms with Gasteiger partial charge in [-0.15, -0.1) is 0 Å². The molecule has 2 aromatic heterocycles. The predicted molar refractivity (Wildman–Crippen MR) is 158 cm³/mol. The summed E-state index contributed by atoms with van der Waals surface area (Å²) in [5.41, 5.74) is 1.22. The number of rotatable bonds is 10. The van der Waals surface area contributed by atoms with Gasteiger partial charge in [0.15, 0.2) is 23.0 Å². The lowest BCUT2D eigenvalue weighted by molar-refractivity contribution is -0.130. The summed E-state index contributed by atoms with van der Waals surface area (Å²) in [4.78, 5) is 33.3. The highest BCUT2D eigenvalue weighted by Crippen LogP contribution is 2.40. The van der Waals surface area contributed by atoms with E-state index < -0.39 is 0 Å². The number of benzene rings is 2. The van der Waals surface area contributed by atoms with Gasteiger partial charge in [0.25, 0.3) is 5.56 Å². The van der Waals surface area contributed by atoms with Crippen LogP contribution < -0.4 is 24.5 Å². The highest BCUT2D eigenvalue weighted by atomic mass is 33.1. The highest BCUT2D eigenvalue weighted by Gasteiger charge is 2.21. The lowest BCUT2D eigenvalue weighted by Gasteiger charge is -2.21. The molecular weight excluding hydrogens is 538 g/mol. The van der Waals surface area contributed by atoms with E-state index >= 15 is 0 Å². The number of hydrogen-bond acceptors (Lipinski definition) is 9. The Kier molecular flexibility index (Phi) is 7.99. The maximum atomic E-state index is 14.0. The topological polar surface area (TPSA) is 92.1 Å². The van der Waals surface area contributed by atoms with E-state index in [0.717, 1.165) is 17.2 Å². The fraction of sp³-hybridized carbons (Fsp3) is 0.393. The van der Waals surface area contributed by atoms with E-state index in [2.05, 4.69) is 6.92 Å². The smallest absolute Gasteiger partial charge is 0.259 e. The second-order valence-electron chi connectivity index (χ2n) is 9.38. The molecule has 0 radical (unpaired) electrons. The van der Waals surface area contributed by atoms with Gasteiger partial charge in [0.2, 0.25) is 12.7 Å². The van der Waals surface area contributed by atoms with Crippen molar-refractivity contribution < 1.29 is 23.7 Å². The number of pyridine rings is 2. The molecule has 0 saturated carbocycles. The van der Waals surface area contributed by atoms with Crippen molar-refractivity contribution in [2.45, 2.75) is 31.6 Å². The lowest BCUT2D eigenvalue weighted by Crippen LogP contribution is -2.33. The number of hydrogen-bond donors (Lipinski definition) is 0. The summed E-state index contributed by atoms with van der Waals surface area (Å²) < 4.78 is 23.9. The van der Waals surface area contributed by atoms with Crippen LogP contribution in [0.3, 0.4) is 0 Å². The molecule has 0 spiro atoms. The van der Waals surface area contributed by atoms with Crippen LogP contribution in [0.1, 0.15) is 19.8 Å². The molecule has 1 aliphatic rings. The van der Waals surface area contributed by atoms with Crippen LogP contribution >= 0.6 is 21.6 Å². The average molecular weight is 570 g/mol. The molecule has 2 aromatic carbocycles. The van der Waals surface area contributed by atoms with Gasteiger partial charge < -0.3 is 28.4 Å². The van der Waals surface area contributed by atoms with Crippen molar-refractivity contribution in [2.75, 3.05) is 40.9 Å². The van der Waals surface area contributed by atoms with Crippen molar-refractivity contribution in [1.29, 1.82) is 0 Å². The zero-order valence-electron chi connectivity index (χ0n) is 22.6. The molecule has 1 unspecified atom stereocenters. The van der Waals surface area contributed by atoms with Crippen molar-refractivity contribution in [2.24, 2.45) is 0 Å². The summed E-state index contributed by atoms with van der Waals surface area (Å²) >= 11 is 0. The summed E-state index contributed by atoms with van der Waals surface area (Å²) in [5, 5.41) is 3.14.